The van der Waals surface area contributed by atoms with Crippen LogP contribution < -0.4 is 4.74 Å². The summed E-state index contributed by atoms with van der Waals surface area (Å²) < 4.78 is 10.1. The SMILES string of the molecule is O=C(COc1ccc(Cl)cc1Cl)OCCC(O)(CO)CCO. The maximum atomic E-state index is 11.5. The van der Waals surface area contributed by atoms with Crippen LogP contribution in [-0.2, 0) is 9.53 Å². The fourth-order valence-corrected chi connectivity index (χ4v) is 2.08. The largest absolute Gasteiger partial charge is 0.480 e. The van der Waals surface area contributed by atoms with Gasteiger partial charge < -0.3 is 24.8 Å². The summed E-state index contributed by atoms with van der Waals surface area (Å²) in [7, 11) is 0. The summed E-state index contributed by atoms with van der Waals surface area (Å²) in [5, 5.41) is 28.4. The minimum absolute atomic E-state index is 0.00205. The number of aliphatic hydroxyl groups excluding tert-OH is 2. The van der Waals surface area contributed by atoms with Crippen molar-refractivity contribution in [1.29, 1.82) is 0 Å². The lowest BCUT2D eigenvalue weighted by Gasteiger charge is -2.24. The fraction of sp³-hybridized carbons (Fsp3) is 0.500. The summed E-state index contributed by atoms with van der Waals surface area (Å²) in [4.78, 5) is 11.5. The number of carbonyl (C=O) groups is 1. The zero-order valence-electron chi connectivity index (χ0n) is 11.8. The molecule has 0 aliphatic heterocycles. The number of carbonyl (C=O) groups excluding carboxylic acids is 1. The predicted molar refractivity (Wildman–Crippen MR) is 81.3 cm³/mol. The van der Waals surface area contributed by atoms with Gasteiger partial charge in [0.15, 0.2) is 6.61 Å². The molecule has 0 aromatic heterocycles. The predicted octanol–water partition coefficient (Wildman–Crippen LogP) is 1.41. The van der Waals surface area contributed by atoms with Crippen molar-refractivity contribution in [3.8, 4) is 5.75 Å². The lowest BCUT2D eigenvalue weighted by molar-refractivity contribution is -0.148. The number of esters is 1. The summed E-state index contributed by atoms with van der Waals surface area (Å²) in [5.74, 6) is -0.342. The first-order chi connectivity index (χ1) is 10.4. The van der Waals surface area contributed by atoms with Gasteiger partial charge in [0.05, 0.1) is 23.8 Å². The highest BCUT2D eigenvalue weighted by atomic mass is 35.5. The second-order valence-electron chi connectivity index (χ2n) is 4.69. The Kier molecular flexibility index (Phi) is 7.92. The smallest absolute Gasteiger partial charge is 0.344 e. The van der Waals surface area contributed by atoms with Gasteiger partial charge in [0.2, 0.25) is 0 Å². The van der Waals surface area contributed by atoms with Gasteiger partial charge in [-0.25, -0.2) is 4.79 Å². The molecule has 0 aliphatic rings. The lowest BCUT2D eigenvalue weighted by Crippen LogP contribution is -2.36. The molecule has 22 heavy (non-hydrogen) atoms. The van der Waals surface area contributed by atoms with Crippen molar-refractivity contribution in [2.24, 2.45) is 0 Å². The standard InChI is InChI=1S/C14H18Cl2O6/c15-10-1-2-12(11(16)7-10)22-8-13(19)21-6-4-14(20,9-18)3-5-17/h1-2,7,17-18,20H,3-6,8-9H2. The molecule has 3 N–H and O–H groups in total. The molecular weight excluding hydrogens is 335 g/mol. The van der Waals surface area contributed by atoms with Crippen LogP contribution in [0.1, 0.15) is 12.8 Å². The first kappa shape index (κ1) is 19.0. The number of hydrogen-bond acceptors (Lipinski definition) is 6. The van der Waals surface area contributed by atoms with E-state index in [-0.39, 0.29) is 37.7 Å². The summed E-state index contributed by atoms with van der Waals surface area (Å²) in [6.07, 6.45) is 0.00936. The molecular formula is C14H18Cl2O6. The van der Waals surface area contributed by atoms with Crippen LogP contribution in [-0.4, -0.2) is 53.3 Å². The Morgan fingerprint density at radius 3 is 2.55 bits per heavy atom. The Balaban J connectivity index is 2.34. The van der Waals surface area contributed by atoms with Crippen molar-refractivity contribution in [2.45, 2.75) is 18.4 Å². The van der Waals surface area contributed by atoms with Crippen LogP contribution >= 0.6 is 23.2 Å². The molecule has 0 saturated carbocycles. The average Bonchev–Trinajstić information content (AvgIpc) is 2.46. The maximum absolute atomic E-state index is 11.5. The van der Waals surface area contributed by atoms with Crippen LogP contribution in [0.4, 0.5) is 0 Å². The van der Waals surface area contributed by atoms with Gasteiger partial charge in [-0.2, -0.15) is 0 Å². The van der Waals surface area contributed by atoms with Crippen LogP contribution in [0.15, 0.2) is 18.2 Å². The van der Waals surface area contributed by atoms with Crippen molar-refractivity contribution in [3.05, 3.63) is 28.2 Å². The van der Waals surface area contributed by atoms with Gasteiger partial charge in [-0.05, 0) is 18.2 Å². The van der Waals surface area contributed by atoms with Crippen LogP contribution in [0.2, 0.25) is 10.0 Å². The second kappa shape index (κ2) is 9.17. The molecule has 124 valence electrons. The zero-order chi connectivity index (χ0) is 16.6. The van der Waals surface area contributed by atoms with Crippen LogP contribution in [0.3, 0.4) is 0 Å². The van der Waals surface area contributed by atoms with E-state index in [1.807, 2.05) is 0 Å². The van der Waals surface area contributed by atoms with Crippen molar-refractivity contribution in [3.63, 3.8) is 0 Å². The summed E-state index contributed by atoms with van der Waals surface area (Å²) in [5.41, 5.74) is -1.46. The number of halogens is 2. The summed E-state index contributed by atoms with van der Waals surface area (Å²) in [6.45, 7) is -1.25. The molecule has 8 heteroatoms. The van der Waals surface area contributed by atoms with Gasteiger partial charge in [-0.3, -0.25) is 0 Å². The third kappa shape index (κ3) is 6.37. The minimum Gasteiger partial charge on any atom is -0.480 e. The van der Waals surface area contributed by atoms with E-state index in [0.717, 1.165) is 0 Å². The fourth-order valence-electron chi connectivity index (χ4n) is 1.62. The van der Waals surface area contributed by atoms with Gasteiger partial charge in [0, 0.05) is 24.5 Å². The molecule has 0 saturated heterocycles. The van der Waals surface area contributed by atoms with Crippen molar-refractivity contribution >= 4 is 29.2 Å². The third-order valence-electron chi connectivity index (χ3n) is 2.94. The van der Waals surface area contributed by atoms with Crippen molar-refractivity contribution in [2.75, 3.05) is 26.4 Å². The number of rotatable bonds is 9. The Bertz CT molecular complexity index is 496. The van der Waals surface area contributed by atoms with Gasteiger partial charge in [0.1, 0.15) is 5.75 Å². The van der Waals surface area contributed by atoms with Gasteiger partial charge >= 0.3 is 5.97 Å². The van der Waals surface area contributed by atoms with E-state index in [9.17, 15) is 9.90 Å². The lowest BCUT2D eigenvalue weighted by atomic mass is 9.98. The van der Waals surface area contributed by atoms with Crippen LogP contribution in [0.5, 0.6) is 5.75 Å². The molecule has 0 amide bonds. The second-order valence-corrected chi connectivity index (χ2v) is 5.53. The maximum Gasteiger partial charge on any atom is 0.344 e. The Morgan fingerprint density at radius 1 is 1.23 bits per heavy atom. The molecule has 1 unspecified atom stereocenters. The molecule has 0 radical (unpaired) electrons. The van der Waals surface area contributed by atoms with Crippen molar-refractivity contribution < 1.29 is 29.6 Å². The molecule has 1 atom stereocenters. The number of benzene rings is 1. The normalized spacial score (nSPS) is 13.5. The third-order valence-corrected chi connectivity index (χ3v) is 3.47. The molecule has 1 aromatic rings. The quantitative estimate of drug-likeness (QED) is 0.581. The first-order valence-electron chi connectivity index (χ1n) is 6.58. The number of ether oxygens (including phenoxy) is 2. The van der Waals surface area contributed by atoms with Crippen molar-refractivity contribution in [1.82, 2.24) is 0 Å². The Labute approximate surface area is 138 Å². The van der Waals surface area contributed by atoms with E-state index in [0.29, 0.717) is 10.8 Å². The summed E-state index contributed by atoms with van der Waals surface area (Å²) >= 11 is 11.6. The van der Waals surface area contributed by atoms with E-state index in [4.69, 9.17) is 42.9 Å². The highest BCUT2D eigenvalue weighted by molar-refractivity contribution is 6.35. The average molecular weight is 353 g/mol. The highest BCUT2D eigenvalue weighted by Crippen LogP contribution is 2.27. The molecule has 0 heterocycles. The number of hydrogen-bond donors (Lipinski definition) is 3. The molecule has 0 aliphatic carbocycles. The monoisotopic (exact) mass is 352 g/mol. The topological polar surface area (TPSA) is 96.2 Å². The zero-order valence-corrected chi connectivity index (χ0v) is 13.3. The van der Waals surface area contributed by atoms with E-state index in [1.165, 1.54) is 12.1 Å². The van der Waals surface area contributed by atoms with Gasteiger partial charge in [-0.15, -0.1) is 0 Å². The first-order valence-corrected chi connectivity index (χ1v) is 7.33. The van der Waals surface area contributed by atoms with E-state index < -0.39 is 18.2 Å². The molecule has 1 rings (SSSR count). The molecule has 1 aromatic carbocycles. The molecule has 6 nitrogen and oxygen atoms in total. The van der Waals surface area contributed by atoms with Crippen LogP contribution in [0.25, 0.3) is 0 Å². The van der Waals surface area contributed by atoms with E-state index in [2.05, 4.69) is 0 Å². The Morgan fingerprint density at radius 2 is 1.95 bits per heavy atom. The molecule has 0 fully saturated rings. The van der Waals surface area contributed by atoms with Gasteiger partial charge in [0.25, 0.3) is 0 Å². The van der Waals surface area contributed by atoms with Crippen LogP contribution in [0, 0.1) is 0 Å². The summed E-state index contributed by atoms with van der Waals surface area (Å²) in [6, 6.07) is 4.59. The highest BCUT2D eigenvalue weighted by Gasteiger charge is 2.25. The Hall–Kier alpha value is -1.05. The number of aliphatic hydroxyl groups is 3. The van der Waals surface area contributed by atoms with Gasteiger partial charge in [-0.1, -0.05) is 23.2 Å². The molecule has 0 bridgehead atoms. The molecule has 0 spiro atoms. The van der Waals surface area contributed by atoms with E-state index >= 15 is 0 Å². The van der Waals surface area contributed by atoms with E-state index in [1.54, 1.807) is 6.07 Å². The minimum atomic E-state index is -1.46.